The highest BCUT2D eigenvalue weighted by atomic mass is 19.3. The van der Waals surface area contributed by atoms with Gasteiger partial charge in [0.2, 0.25) is 0 Å². The van der Waals surface area contributed by atoms with Crippen LogP contribution in [0.5, 0.6) is 5.75 Å². The molecule has 1 aromatic rings. The van der Waals surface area contributed by atoms with Crippen molar-refractivity contribution in [3.63, 3.8) is 0 Å². The number of carbonyl (C=O) groups excluding carboxylic acids is 1. The molecular weight excluding hydrogens is 278 g/mol. The highest BCUT2D eigenvalue weighted by Gasteiger charge is 2.13. The van der Waals surface area contributed by atoms with Gasteiger partial charge in [0.25, 0.3) is 5.91 Å². The van der Waals surface area contributed by atoms with Crippen LogP contribution >= 0.6 is 0 Å². The molecule has 4 nitrogen and oxygen atoms in total. The van der Waals surface area contributed by atoms with Crippen LogP contribution in [-0.4, -0.2) is 32.2 Å². The molecule has 21 heavy (non-hydrogen) atoms. The van der Waals surface area contributed by atoms with Crippen LogP contribution in [0.2, 0.25) is 0 Å². The van der Waals surface area contributed by atoms with Gasteiger partial charge in [-0.05, 0) is 62.5 Å². The third-order valence-electron chi connectivity index (χ3n) is 3.58. The minimum absolute atomic E-state index is 0.0508. The minimum Gasteiger partial charge on any atom is -0.435 e. The molecule has 1 fully saturated rings. The largest absolute Gasteiger partial charge is 0.435 e. The Bertz CT molecular complexity index is 445. The monoisotopic (exact) mass is 298 g/mol. The fraction of sp³-hybridized carbons (Fsp3) is 0.533. The second-order valence-corrected chi connectivity index (χ2v) is 5.16. The Morgan fingerprint density at radius 1 is 1.38 bits per heavy atom. The van der Waals surface area contributed by atoms with Gasteiger partial charge in [-0.15, -0.1) is 0 Å². The number of hydrogen-bond donors (Lipinski definition) is 2. The predicted molar refractivity (Wildman–Crippen MR) is 75.6 cm³/mol. The van der Waals surface area contributed by atoms with E-state index in [1.165, 1.54) is 37.1 Å². The van der Waals surface area contributed by atoms with E-state index in [1.54, 1.807) is 0 Å². The molecule has 116 valence electrons. The molecule has 1 saturated heterocycles. The maximum atomic E-state index is 12.0. The first-order valence-electron chi connectivity index (χ1n) is 7.19. The van der Waals surface area contributed by atoms with Crippen molar-refractivity contribution in [1.29, 1.82) is 0 Å². The van der Waals surface area contributed by atoms with Gasteiger partial charge in [0.1, 0.15) is 5.75 Å². The van der Waals surface area contributed by atoms with E-state index in [0.717, 1.165) is 19.5 Å². The Labute approximate surface area is 122 Å². The van der Waals surface area contributed by atoms with Crippen molar-refractivity contribution in [3.8, 4) is 5.75 Å². The average Bonchev–Trinajstić information content (AvgIpc) is 2.48. The molecule has 1 unspecified atom stereocenters. The van der Waals surface area contributed by atoms with Crippen LogP contribution in [0.3, 0.4) is 0 Å². The molecule has 2 rings (SSSR count). The Balaban J connectivity index is 1.74. The fourth-order valence-corrected chi connectivity index (χ4v) is 2.45. The summed E-state index contributed by atoms with van der Waals surface area (Å²) in [5, 5.41) is 6.19. The molecule has 6 heteroatoms. The van der Waals surface area contributed by atoms with Crippen molar-refractivity contribution in [2.75, 3.05) is 19.6 Å². The zero-order chi connectivity index (χ0) is 15.1. The lowest BCUT2D eigenvalue weighted by Gasteiger charge is -2.22. The summed E-state index contributed by atoms with van der Waals surface area (Å²) in [5.74, 6) is 0.470. The number of halogens is 2. The summed E-state index contributed by atoms with van der Waals surface area (Å²) in [7, 11) is 0. The van der Waals surface area contributed by atoms with Crippen molar-refractivity contribution in [2.45, 2.75) is 25.9 Å². The van der Waals surface area contributed by atoms with Gasteiger partial charge in [-0.1, -0.05) is 0 Å². The van der Waals surface area contributed by atoms with Crippen LogP contribution in [0.15, 0.2) is 24.3 Å². The molecular formula is C15H20F2N2O2. The lowest BCUT2D eigenvalue weighted by atomic mass is 9.96. The average molecular weight is 298 g/mol. The summed E-state index contributed by atoms with van der Waals surface area (Å²) < 4.78 is 28.3. The molecule has 0 saturated carbocycles. The summed E-state index contributed by atoms with van der Waals surface area (Å²) in [5.41, 5.74) is 0.443. The summed E-state index contributed by atoms with van der Waals surface area (Å²) in [6, 6.07) is 5.70. The molecule has 1 aromatic carbocycles. The second-order valence-electron chi connectivity index (χ2n) is 5.16. The fourth-order valence-electron chi connectivity index (χ4n) is 2.45. The van der Waals surface area contributed by atoms with Crippen LogP contribution in [0.1, 0.15) is 29.6 Å². The van der Waals surface area contributed by atoms with E-state index in [4.69, 9.17) is 0 Å². The topological polar surface area (TPSA) is 50.4 Å². The van der Waals surface area contributed by atoms with E-state index in [1.807, 2.05) is 0 Å². The van der Waals surface area contributed by atoms with Crippen LogP contribution in [-0.2, 0) is 0 Å². The Morgan fingerprint density at radius 2 is 2.14 bits per heavy atom. The van der Waals surface area contributed by atoms with Crippen molar-refractivity contribution in [3.05, 3.63) is 29.8 Å². The first-order valence-corrected chi connectivity index (χ1v) is 7.19. The Kier molecular flexibility index (Phi) is 5.92. The Morgan fingerprint density at radius 3 is 2.76 bits per heavy atom. The number of benzene rings is 1. The van der Waals surface area contributed by atoms with Crippen molar-refractivity contribution < 1.29 is 18.3 Å². The van der Waals surface area contributed by atoms with Gasteiger partial charge in [0.05, 0.1) is 0 Å². The van der Waals surface area contributed by atoms with E-state index in [9.17, 15) is 13.6 Å². The maximum absolute atomic E-state index is 12.0. The number of carbonyl (C=O) groups is 1. The summed E-state index contributed by atoms with van der Waals surface area (Å²) in [6.45, 7) is -0.139. The Hall–Kier alpha value is -1.69. The quantitative estimate of drug-likeness (QED) is 0.848. The standard InChI is InChI=1S/C15H20F2N2O2/c16-15(17)21-13-5-3-12(4-6-13)14(20)19-9-7-11-2-1-8-18-10-11/h3-6,11,15,18H,1-2,7-10H2,(H,19,20). The summed E-state index contributed by atoms with van der Waals surface area (Å²) in [4.78, 5) is 11.9. The number of ether oxygens (including phenoxy) is 1. The molecule has 0 bridgehead atoms. The van der Waals surface area contributed by atoms with Gasteiger partial charge in [-0.2, -0.15) is 8.78 Å². The van der Waals surface area contributed by atoms with Crippen LogP contribution in [0.4, 0.5) is 8.78 Å². The van der Waals surface area contributed by atoms with E-state index in [-0.39, 0.29) is 11.7 Å². The third kappa shape index (κ3) is 5.30. The van der Waals surface area contributed by atoms with Gasteiger partial charge in [-0.25, -0.2) is 0 Å². The van der Waals surface area contributed by atoms with Gasteiger partial charge in [0.15, 0.2) is 0 Å². The van der Waals surface area contributed by atoms with Gasteiger partial charge in [-0.3, -0.25) is 4.79 Å². The van der Waals surface area contributed by atoms with Gasteiger partial charge >= 0.3 is 6.61 Å². The highest BCUT2D eigenvalue weighted by Crippen LogP contribution is 2.15. The lowest BCUT2D eigenvalue weighted by molar-refractivity contribution is -0.0498. The maximum Gasteiger partial charge on any atom is 0.387 e. The molecule has 1 amide bonds. The number of amides is 1. The molecule has 1 aliphatic heterocycles. The highest BCUT2D eigenvalue weighted by molar-refractivity contribution is 5.94. The number of alkyl halides is 2. The van der Waals surface area contributed by atoms with E-state index < -0.39 is 6.61 Å². The van der Waals surface area contributed by atoms with Crippen LogP contribution in [0, 0.1) is 5.92 Å². The van der Waals surface area contributed by atoms with Gasteiger partial charge < -0.3 is 15.4 Å². The molecule has 1 atom stereocenters. The third-order valence-corrected chi connectivity index (χ3v) is 3.58. The molecule has 0 aliphatic carbocycles. The zero-order valence-corrected chi connectivity index (χ0v) is 11.8. The molecule has 2 N–H and O–H groups in total. The SMILES string of the molecule is O=C(NCCC1CCCNC1)c1ccc(OC(F)F)cc1. The van der Waals surface area contributed by atoms with Crippen LogP contribution in [0.25, 0.3) is 0 Å². The lowest BCUT2D eigenvalue weighted by Crippen LogP contribution is -2.33. The number of nitrogens with one attached hydrogen (secondary N) is 2. The van der Waals surface area contributed by atoms with Crippen molar-refractivity contribution in [2.24, 2.45) is 5.92 Å². The normalized spacial score (nSPS) is 18.5. The van der Waals surface area contributed by atoms with Crippen LogP contribution < -0.4 is 15.4 Å². The van der Waals surface area contributed by atoms with E-state index in [0.29, 0.717) is 18.0 Å². The molecule has 0 spiro atoms. The van der Waals surface area contributed by atoms with E-state index in [2.05, 4.69) is 15.4 Å². The van der Waals surface area contributed by atoms with Crippen molar-refractivity contribution in [1.82, 2.24) is 10.6 Å². The van der Waals surface area contributed by atoms with Crippen molar-refractivity contribution >= 4 is 5.91 Å². The smallest absolute Gasteiger partial charge is 0.387 e. The van der Waals surface area contributed by atoms with Gasteiger partial charge in [0, 0.05) is 12.1 Å². The zero-order valence-electron chi connectivity index (χ0n) is 11.8. The minimum atomic E-state index is -2.85. The molecule has 0 radical (unpaired) electrons. The molecule has 0 aromatic heterocycles. The number of hydrogen-bond acceptors (Lipinski definition) is 3. The predicted octanol–water partition coefficient (Wildman–Crippen LogP) is 2.41. The first-order chi connectivity index (χ1) is 10.1. The second kappa shape index (κ2) is 7.93. The molecule has 1 heterocycles. The summed E-state index contributed by atoms with van der Waals surface area (Å²) in [6.07, 6.45) is 3.33. The molecule has 1 aliphatic rings. The number of rotatable bonds is 6. The summed E-state index contributed by atoms with van der Waals surface area (Å²) >= 11 is 0. The first kappa shape index (κ1) is 15.7. The number of piperidine rings is 1. The van der Waals surface area contributed by atoms with E-state index >= 15 is 0 Å².